The highest BCUT2D eigenvalue weighted by atomic mass is 32.2. The highest BCUT2D eigenvalue weighted by molar-refractivity contribution is 8.00. The summed E-state index contributed by atoms with van der Waals surface area (Å²) < 4.78 is 97.1. The topological polar surface area (TPSA) is 231 Å². The Balaban J connectivity index is 1.54. The number of phosphoric ester groups is 1. The molecule has 0 aliphatic heterocycles. The minimum atomic E-state index is -5.11. The summed E-state index contributed by atoms with van der Waals surface area (Å²) in [6.45, 7) is 0. The van der Waals surface area contributed by atoms with Gasteiger partial charge < -0.3 is 40.7 Å². The number of rotatable bonds is 11. The van der Waals surface area contributed by atoms with Gasteiger partial charge in [-0.15, -0.1) is 11.8 Å². The molecule has 0 fully saturated rings. The van der Waals surface area contributed by atoms with Gasteiger partial charge in [0.2, 0.25) is 11.8 Å². The number of fused-ring (bicyclic) bond motifs is 2. The van der Waals surface area contributed by atoms with Crippen molar-refractivity contribution < 1.29 is 74.9 Å². The SMILES string of the molecule is NC(=O)C(Cc1ccc(OP(=O)([O-])O)cc1)NC(=O)CSc1c(F)c(F)c(C(=O)O)c(-c2c3cc(F)c(O)cc3[o+]c3cc(O)c(F)cc23)c1F. The monoisotopic (exact) mass is 754 g/mol. The quantitative estimate of drug-likeness (QED) is 0.0274. The number of aromatic carboxylic acids is 1. The first-order chi connectivity index (χ1) is 23.9. The van der Waals surface area contributed by atoms with Gasteiger partial charge in [-0.2, -0.15) is 0 Å². The Morgan fingerprint density at radius 2 is 1.45 bits per heavy atom. The van der Waals surface area contributed by atoms with Gasteiger partial charge in [0.25, 0.3) is 0 Å². The number of phenols is 2. The number of carboxylic acid groups (broad SMARTS) is 1. The van der Waals surface area contributed by atoms with E-state index in [1.807, 2.05) is 0 Å². The second-order valence-electron chi connectivity index (χ2n) is 10.6. The molecule has 0 spiro atoms. The molecule has 266 valence electrons. The molecule has 20 heteroatoms. The first kappa shape index (κ1) is 36.8. The maximum Gasteiger partial charge on any atom is 0.365 e. The molecular weight excluding hydrogens is 734 g/mol. The molecule has 0 bridgehead atoms. The number of nitrogens with two attached hydrogens (primary N) is 1. The van der Waals surface area contributed by atoms with Crippen molar-refractivity contribution in [2.45, 2.75) is 17.4 Å². The number of carbonyl (C=O) groups is 3. The fourth-order valence-electron chi connectivity index (χ4n) is 5.03. The van der Waals surface area contributed by atoms with Gasteiger partial charge in [0, 0.05) is 17.5 Å². The summed E-state index contributed by atoms with van der Waals surface area (Å²) in [5, 5.41) is 30.8. The van der Waals surface area contributed by atoms with Crippen molar-refractivity contribution in [3.05, 3.63) is 88.7 Å². The van der Waals surface area contributed by atoms with Crippen LogP contribution >= 0.6 is 19.6 Å². The van der Waals surface area contributed by atoms with Crippen molar-refractivity contribution in [1.29, 1.82) is 0 Å². The number of aromatic hydroxyl groups is 2. The number of primary amides is 1. The van der Waals surface area contributed by atoms with Gasteiger partial charge in [0.15, 0.2) is 34.8 Å². The number of carbonyl (C=O) groups excluding carboxylic acids is 2. The maximum absolute atomic E-state index is 16.4. The third-order valence-electron chi connectivity index (χ3n) is 7.21. The molecule has 2 unspecified atom stereocenters. The zero-order valence-corrected chi connectivity index (χ0v) is 26.8. The first-order valence-corrected chi connectivity index (χ1v) is 16.4. The van der Waals surface area contributed by atoms with Crippen LogP contribution in [0.4, 0.5) is 22.0 Å². The lowest BCUT2D eigenvalue weighted by Crippen LogP contribution is -2.46. The Bertz CT molecular complexity index is 2260. The number of benzene rings is 4. The summed E-state index contributed by atoms with van der Waals surface area (Å²) in [6.07, 6.45) is -0.285. The third kappa shape index (κ3) is 7.65. The van der Waals surface area contributed by atoms with E-state index in [-0.39, 0.29) is 23.9 Å². The van der Waals surface area contributed by atoms with Crippen LogP contribution in [0.15, 0.2) is 57.8 Å². The van der Waals surface area contributed by atoms with Crippen LogP contribution in [-0.4, -0.2) is 49.8 Å². The van der Waals surface area contributed by atoms with E-state index in [1.54, 1.807) is 0 Å². The molecule has 0 aliphatic carbocycles. The number of hydrogen-bond donors (Lipinski definition) is 6. The molecule has 51 heavy (non-hydrogen) atoms. The number of thioether (sulfide) groups is 1. The molecule has 7 N–H and O–H groups in total. The Morgan fingerprint density at radius 3 is 1.94 bits per heavy atom. The zero-order chi connectivity index (χ0) is 37.5. The molecule has 0 saturated carbocycles. The number of amides is 2. The largest absolute Gasteiger partial charge is 0.746 e. The molecule has 2 amide bonds. The van der Waals surface area contributed by atoms with Crippen LogP contribution in [0.1, 0.15) is 15.9 Å². The van der Waals surface area contributed by atoms with E-state index in [1.165, 1.54) is 12.1 Å². The van der Waals surface area contributed by atoms with Gasteiger partial charge in [-0.3, -0.25) is 14.2 Å². The molecule has 13 nitrogen and oxygen atoms in total. The van der Waals surface area contributed by atoms with Crippen LogP contribution in [0, 0.1) is 29.1 Å². The van der Waals surface area contributed by atoms with Crippen LogP contribution in [0.25, 0.3) is 33.1 Å². The Labute approximate surface area is 285 Å². The van der Waals surface area contributed by atoms with E-state index in [9.17, 15) is 47.9 Å². The van der Waals surface area contributed by atoms with Crippen molar-refractivity contribution in [1.82, 2.24) is 5.32 Å². The number of phenolic OH excluding ortho intramolecular Hbond substituents is 2. The third-order valence-corrected chi connectivity index (χ3v) is 8.71. The summed E-state index contributed by atoms with van der Waals surface area (Å²) in [5.74, 6) is -16.2. The van der Waals surface area contributed by atoms with Gasteiger partial charge >= 0.3 is 25.0 Å². The predicted molar refractivity (Wildman–Crippen MR) is 166 cm³/mol. The lowest BCUT2D eigenvalue weighted by atomic mass is 9.92. The zero-order valence-electron chi connectivity index (χ0n) is 25.1. The lowest BCUT2D eigenvalue weighted by Gasteiger charge is -2.18. The van der Waals surface area contributed by atoms with Crippen molar-refractivity contribution in [2.24, 2.45) is 5.73 Å². The minimum Gasteiger partial charge on any atom is -0.746 e. The molecule has 2 atom stereocenters. The molecule has 5 aromatic rings. The number of carboxylic acids is 1. The van der Waals surface area contributed by atoms with Crippen molar-refractivity contribution in [2.75, 3.05) is 5.75 Å². The van der Waals surface area contributed by atoms with Gasteiger partial charge in [0.05, 0.1) is 33.6 Å². The summed E-state index contributed by atoms with van der Waals surface area (Å²) in [6, 6.07) is 5.77. The van der Waals surface area contributed by atoms with E-state index in [4.69, 9.17) is 15.0 Å². The molecule has 0 saturated heterocycles. The fraction of sp³-hybridized carbons (Fsp3) is 0.0968. The van der Waals surface area contributed by atoms with Crippen molar-refractivity contribution in [3.63, 3.8) is 0 Å². The van der Waals surface area contributed by atoms with E-state index in [0.29, 0.717) is 29.8 Å². The number of hydrogen-bond acceptors (Lipinski definition) is 9. The number of halogens is 5. The number of nitrogens with one attached hydrogen (secondary N) is 1. The summed E-state index contributed by atoms with van der Waals surface area (Å²) in [7, 11) is -5.11. The Kier molecular flexibility index (Phi) is 10.1. The molecule has 0 aliphatic rings. The summed E-state index contributed by atoms with van der Waals surface area (Å²) in [4.78, 5) is 55.6. The van der Waals surface area contributed by atoms with E-state index in [2.05, 4.69) is 9.84 Å². The van der Waals surface area contributed by atoms with E-state index < -0.39 is 122 Å². The molecule has 1 heterocycles. The summed E-state index contributed by atoms with van der Waals surface area (Å²) >= 11 is 0.0194. The molecule has 1 aromatic heterocycles. The molecular formula is C31H20F5N2O11PS. The average Bonchev–Trinajstić information content (AvgIpc) is 3.03. The van der Waals surface area contributed by atoms with Gasteiger partial charge in [-0.25, -0.2) is 31.2 Å². The first-order valence-electron chi connectivity index (χ1n) is 13.9. The van der Waals surface area contributed by atoms with Gasteiger partial charge in [-0.05, 0) is 29.8 Å². The standard InChI is InChI=1S/C31H20F5N2O11PS/c32-15-6-13-20(8-18(15)39)48-21-9-19(40)16(33)7-14(21)23(13)24-25(31(43)44)26(34)28(36)29(27(24)35)51-10-22(41)38-17(30(37)42)5-11-1-3-12(4-2-11)49-50(45,46)47/h1-4,6-9,17H,5,10H2,(H7-,37,38,39,40,41,42,43,44,45,46,47). The van der Waals surface area contributed by atoms with Gasteiger partial charge in [-0.1, -0.05) is 12.1 Å². The minimum absolute atomic E-state index is 0.0194. The normalized spacial score (nSPS) is 13.2. The summed E-state index contributed by atoms with van der Waals surface area (Å²) in [5.41, 5.74) is 1.12. The van der Waals surface area contributed by atoms with Crippen molar-refractivity contribution >= 4 is 59.3 Å². The molecule has 4 aromatic carbocycles. The number of phosphoric acid groups is 1. The van der Waals surface area contributed by atoms with Crippen molar-refractivity contribution in [3.8, 4) is 28.4 Å². The van der Waals surface area contributed by atoms with Gasteiger partial charge in [0.1, 0.15) is 23.2 Å². The fourth-order valence-corrected chi connectivity index (χ4v) is 6.22. The van der Waals surface area contributed by atoms with Crippen LogP contribution in [0.3, 0.4) is 0 Å². The second-order valence-corrected chi connectivity index (χ2v) is 12.7. The van der Waals surface area contributed by atoms with Crippen LogP contribution < -0.4 is 20.5 Å². The van der Waals surface area contributed by atoms with Crippen LogP contribution in [0.5, 0.6) is 17.2 Å². The maximum atomic E-state index is 16.4. The lowest BCUT2D eigenvalue weighted by molar-refractivity contribution is -0.211. The highest BCUT2D eigenvalue weighted by Gasteiger charge is 2.35. The van der Waals surface area contributed by atoms with E-state index >= 15 is 13.2 Å². The highest BCUT2D eigenvalue weighted by Crippen LogP contribution is 2.45. The molecule has 5 rings (SSSR count). The van der Waals surface area contributed by atoms with Crippen LogP contribution in [-0.2, 0) is 20.6 Å². The average molecular weight is 755 g/mol. The predicted octanol–water partition coefficient (Wildman–Crippen LogP) is 4.48. The Morgan fingerprint density at radius 1 is 0.902 bits per heavy atom. The smallest absolute Gasteiger partial charge is 0.365 e. The second kappa shape index (κ2) is 14.0. The van der Waals surface area contributed by atoms with Crippen LogP contribution in [0.2, 0.25) is 0 Å². The van der Waals surface area contributed by atoms with E-state index in [0.717, 1.165) is 12.1 Å². The molecule has 0 radical (unpaired) electrons. The Hall–Kier alpha value is -5.49.